The average molecular weight is 381 g/mol. The predicted molar refractivity (Wildman–Crippen MR) is 93.1 cm³/mol. The van der Waals surface area contributed by atoms with E-state index < -0.39 is 18.5 Å². The number of carbonyl (C=O) groups is 1. The maximum Gasteiger partial charge on any atom is 0.344 e. The molecule has 0 aliphatic rings. The molecule has 8 heteroatoms. The third-order valence-electron chi connectivity index (χ3n) is 3.38. The Labute approximate surface area is 151 Å². The molecule has 2 N–H and O–H groups in total. The highest BCUT2D eigenvalue weighted by Gasteiger charge is 2.17. The molecule has 0 aliphatic carbocycles. The highest BCUT2D eigenvalue weighted by atomic mass is 35.5. The first-order valence-corrected chi connectivity index (χ1v) is 8.81. The fraction of sp³-hybridized carbons (Fsp3) is 0.625. The van der Waals surface area contributed by atoms with Gasteiger partial charge in [0.1, 0.15) is 10.0 Å². The van der Waals surface area contributed by atoms with E-state index >= 15 is 0 Å². The normalized spacial score (nSPS) is 10.7. The molecule has 1 aromatic rings. The molecule has 1 heterocycles. The molecule has 0 unspecified atom stereocenters. The quantitative estimate of drug-likeness (QED) is 0.339. The molecular weight excluding hydrogens is 358 g/mol. The van der Waals surface area contributed by atoms with Crippen LogP contribution in [-0.4, -0.2) is 24.2 Å². The summed E-state index contributed by atoms with van der Waals surface area (Å²) in [5.74, 6) is -1.87. The number of nitrogens with zero attached hydrogens (tertiary/aromatic N) is 1. The van der Waals surface area contributed by atoms with Crippen LogP contribution in [-0.2, 0) is 9.53 Å². The maximum absolute atomic E-state index is 13.4. The number of nitrogen functional groups attached to an aromatic ring is 1. The molecule has 1 aromatic heterocycles. The summed E-state index contributed by atoms with van der Waals surface area (Å²) in [6, 6.07) is 0. The Morgan fingerprint density at radius 2 is 1.75 bits per heavy atom. The largest absolute Gasteiger partial charge is 0.464 e. The van der Waals surface area contributed by atoms with Crippen LogP contribution in [0.4, 0.5) is 10.1 Å². The number of aromatic nitrogens is 1. The zero-order valence-corrected chi connectivity index (χ0v) is 15.3. The minimum absolute atomic E-state index is 0.138. The van der Waals surface area contributed by atoms with E-state index in [0.717, 1.165) is 19.3 Å². The standard InChI is InChI=1S/C16H23Cl2FN2O3/c1-2-3-4-5-6-7-8-9-23-11(22)10-24-16-13(18)14(20)12(17)15(19)21-16/h2-10H2,1H3,(H2,20,21). The number of halogens is 3. The molecule has 136 valence electrons. The van der Waals surface area contributed by atoms with Crippen molar-refractivity contribution in [3.8, 4) is 5.88 Å². The lowest BCUT2D eigenvalue weighted by Gasteiger charge is -2.10. The van der Waals surface area contributed by atoms with E-state index in [1.54, 1.807) is 0 Å². The fourth-order valence-corrected chi connectivity index (χ4v) is 2.40. The summed E-state index contributed by atoms with van der Waals surface area (Å²) in [5, 5.41) is -0.518. The van der Waals surface area contributed by atoms with Gasteiger partial charge in [0.2, 0.25) is 11.8 Å². The second-order valence-corrected chi connectivity index (χ2v) is 6.14. The van der Waals surface area contributed by atoms with E-state index in [1.807, 2.05) is 0 Å². The van der Waals surface area contributed by atoms with Crippen LogP contribution >= 0.6 is 23.2 Å². The van der Waals surface area contributed by atoms with Crippen LogP contribution in [0.15, 0.2) is 0 Å². The molecule has 0 amide bonds. The van der Waals surface area contributed by atoms with Gasteiger partial charge >= 0.3 is 5.97 Å². The van der Waals surface area contributed by atoms with Crippen molar-refractivity contribution >= 4 is 34.9 Å². The van der Waals surface area contributed by atoms with Crippen molar-refractivity contribution < 1.29 is 18.7 Å². The smallest absolute Gasteiger partial charge is 0.344 e. The molecule has 0 aliphatic heterocycles. The summed E-state index contributed by atoms with van der Waals surface area (Å²) in [6.07, 6.45) is 7.90. The molecular formula is C16H23Cl2FN2O3. The van der Waals surface area contributed by atoms with Crippen LogP contribution in [0, 0.1) is 5.95 Å². The number of hydrogen-bond acceptors (Lipinski definition) is 5. The van der Waals surface area contributed by atoms with Crippen LogP contribution < -0.4 is 10.5 Å². The number of ether oxygens (including phenoxy) is 2. The number of unbranched alkanes of at least 4 members (excludes halogenated alkanes) is 6. The second-order valence-electron chi connectivity index (χ2n) is 5.38. The van der Waals surface area contributed by atoms with Crippen molar-refractivity contribution in [2.75, 3.05) is 18.9 Å². The van der Waals surface area contributed by atoms with Gasteiger partial charge in [-0.25, -0.2) is 4.79 Å². The van der Waals surface area contributed by atoms with Gasteiger partial charge in [0.25, 0.3) is 0 Å². The Morgan fingerprint density at radius 1 is 1.12 bits per heavy atom. The predicted octanol–water partition coefficient (Wildman–Crippen LogP) is 4.78. The Balaban J connectivity index is 2.23. The molecule has 1 rings (SSSR count). The van der Waals surface area contributed by atoms with Gasteiger partial charge in [0.15, 0.2) is 6.61 Å². The Kier molecular flexibility index (Phi) is 9.79. The molecule has 0 atom stereocenters. The molecule has 0 bridgehead atoms. The molecule has 0 radical (unpaired) electrons. The summed E-state index contributed by atoms with van der Waals surface area (Å²) in [7, 11) is 0. The van der Waals surface area contributed by atoms with Crippen LogP contribution in [0.25, 0.3) is 0 Å². The lowest BCUT2D eigenvalue weighted by Crippen LogP contribution is -2.16. The molecule has 24 heavy (non-hydrogen) atoms. The first-order chi connectivity index (χ1) is 11.5. The molecule has 0 fully saturated rings. The van der Waals surface area contributed by atoms with Crippen molar-refractivity contribution in [2.45, 2.75) is 51.9 Å². The van der Waals surface area contributed by atoms with E-state index in [1.165, 1.54) is 25.7 Å². The van der Waals surface area contributed by atoms with Gasteiger partial charge in [-0.1, -0.05) is 68.7 Å². The van der Waals surface area contributed by atoms with Crippen molar-refractivity contribution in [2.24, 2.45) is 0 Å². The van der Waals surface area contributed by atoms with Crippen LogP contribution in [0.3, 0.4) is 0 Å². The molecule has 0 saturated heterocycles. The SMILES string of the molecule is CCCCCCCCCOC(=O)COc1nc(F)c(Cl)c(N)c1Cl. The maximum atomic E-state index is 13.4. The summed E-state index contributed by atoms with van der Waals surface area (Å²) in [5.41, 5.74) is 5.32. The minimum Gasteiger partial charge on any atom is -0.464 e. The first kappa shape index (κ1) is 20.8. The van der Waals surface area contributed by atoms with Gasteiger partial charge in [-0.05, 0) is 6.42 Å². The summed E-state index contributed by atoms with van der Waals surface area (Å²) in [6.45, 7) is 2.08. The molecule has 5 nitrogen and oxygen atoms in total. The van der Waals surface area contributed by atoms with Gasteiger partial charge < -0.3 is 15.2 Å². The van der Waals surface area contributed by atoms with Gasteiger partial charge in [-0.3, -0.25) is 0 Å². The number of esters is 1. The van der Waals surface area contributed by atoms with Crippen molar-refractivity contribution in [3.63, 3.8) is 0 Å². The van der Waals surface area contributed by atoms with E-state index in [9.17, 15) is 9.18 Å². The first-order valence-electron chi connectivity index (χ1n) is 8.05. The van der Waals surface area contributed by atoms with Crippen molar-refractivity contribution in [3.05, 3.63) is 16.0 Å². The van der Waals surface area contributed by atoms with Crippen molar-refractivity contribution in [1.29, 1.82) is 0 Å². The van der Waals surface area contributed by atoms with Gasteiger partial charge in [0.05, 0.1) is 12.3 Å². The zero-order chi connectivity index (χ0) is 17.9. The Hall–Kier alpha value is -1.27. The third-order valence-corrected chi connectivity index (χ3v) is 4.10. The van der Waals surface area contributed by atoms with E-state index in [-0.39, 0.29) is 21.6 Å². The number of pyridine rings is 1. The van der Waals surface area contributed by atoms with Crippen molar-refractivity contribution in [1.82, 2.24) is 4.98 Å². The highest BCUT2D eigenvalue weighted by molar-refractivity contribution is 6.39. The van der Waals surface area contributed by atoms with E-state index in [4.69, 9.17) is 38.4 Å². The number of carbonyl (C=O) groups excluding carboxylic acids is 1. The van der Waals surface area contributed by atoms with E-state index in [2.05, 4.69) is 11.9 Å². The van der Waals surface area contributed by atoms with E-state index in [0.29, 0.717) is 6.61 Å². The van der Waals surface area contributed by atoms with Gasteiger partial charge in [-0.2, -0.15) is 9.37 Å². The zero-order valence-electron chi connectivity index (χ0n) is 13.7. The Morgan fingerprint density at radius 3 is 2.42 bits per heavy atom. The Bertz CT molecular complexity index is 545. The topological polar surface area (TPSA) is 74.4 Å². The minimum atomic E-state index is -1.01. The highest BCUT2D eigenvalue weighted by Crippen LogP contribution is 2.35. The fourth-order valence-electron chi connectivity index (χ4n) is 2.02. The number of nitrogens with two attached hydrogens (primary N) is 1. The molecule has 0 saturated carbocycles. The van der Waals surface area contributed by atoms with Crippen LogP contribution in [0.5, 0.6) is 5.88 Å². The average Bonchev–Trinajstić information content (AvgIpc) is 2.57. The van der Waals surface area contributed by atoms with Gasteiger partial charge in [-0.15, -0.1) is 0 Å². The monoisotopic (exact) mass is 380 g/mol. The third kappa shape index (κ3) is 7.09. The summed E-state index contributed by atoms with van der Waals surface area (Å²) < 4.78 is 23.4. The molecule has 0 spiro atoms. The summed E-state index contributed by atoms with van der Waals surface area (Å²) >= 11 is 11.4. The lowest BCUT2D eigenvalue weighted by molar-refractivity contribution is -0.146. The molecule has 0 aromatic carbocycles. The van der Waals surface area contributed by atoms with Gasteiger partial charge in [0, 0.05) is 0 Å². The van der Waals surface area contributed by atoms with Crippen LogP contribution in [0.2, 0.25) is 10.0 Å². The lowest BCUT2D eigenvalue weighted by atomic mass is 10.1. The number of rotatable bonds is 11. The number of hydrogen-bond donors (Lipinski definition) is 1. The second kappa shape index (κ2) is 11.3. The number of anilines is 1. The summed E-state index contributed by atoms with van der Waals surface area (Å²) in [4.78, 5) is 15.0. The van der Waals surface area contributed by atoms with Crippen LogP contribution in [0.1, 0.15) is 51.9 Å².